The number of carbonyl (C=O) groups is 1. The first-order valence-electron chi connectivity index (χ1n) is 3.41. The van der Waals surface area contributed by atoms with E-state index < -0.39 is 22.0 Å². The predicted octanol–water partition coefficient (Wildman–Crippen LogP) is -0.195. The Bertz CT molecular complexity index is 450. The van der Waals surface area contributed by atoms with Gasteiger partial charge in [0, 0.05) is 6.20 Å². The number of aromatic nitrogens is 2. The normalized spacial score (nSPS) is 10.2. The second kappa shape index (κ2) is 4.30. The maximum absolute atomic E-state index is 11.0. The van der Waals surface area contributed by atoms with Gasteiger partial charge in [0.15, 0.2) is 4.84 Å². The topological polar surface area (TPSA) is 94.8 Å². The van der Waals surface area contributed by atoms with Crippen molar-refractivity contribution in [2.45, 2.75) is 4.84 Å². The monoisotopic (exact) mass is 237 g/mol. The lowest BCUT2D eigenvalue weighted by Gasteiger charge is -2.02. The molecule has 1 amide bonds. The zero-order valence-electron chi connectivity index (χ0n) is 6.64. The van der Waals surface area contributed by atoms with E-state index in [1.807, 2.05) is 4.98 Å². The van der Waals surface area contributed by atoms with Crippen LogP contribution in [-0.4, -0.2) is 20.7 Å². The summed E-state index contributed by atoms with van der Waals surface area (Å²) in [5, 5.41) is 2.12. The predicted molar refractivity (Wildman–Crippen MR) is 51.8 cm³/mol. The van der Waals surface area contributed by atoms with Gasteiger partial charge < -0.3 is 10.3 Å². The van der Waals surface area contributed by atoms with Crippen LogP contribution in [0, 0.1) is 0 Å². The molecule has 1 heterocycles. The minimum atomic E-state index is -1.28. The molecule has 0 spiro atoms. The Balaban J connectivity index is 2.94. The number of aromatic amines is 2. The van der Waals surface area contributed by atoms with Crippen molar-refractivity contribution in [2.24, 2.45) is 0 Å². The quantitative estimate of drug-likeness (QED) is 0.623. The Hall–Kier alpha value is -1.27. The SMILES string of the molecule is O=C(Nc1c[nH]c(=O)[nH]c1=O)C(Cl)Cl. The molecule has 0 saturated carbocycles. The molecule has 0 bridgehead atoms. The number of amides is 1. The van der Waals surface area contributed by atoms with Crippen molar-refractivity contribution in [1.29, 1.82) is 0 Å². The number of rotatable bonds is 2. The van der Waals surface area contributed by atoms with Gasteiger partial charge in [0.25, 0.3) is 11.5 Å². The van der Waals surface area contributed by atoms with E-state index in [9.17, 15) is 14.4 Å². The van der Waals surface area contributed by atoms with Crippen LogP contribution in [0.15, 0.2) is 15.8 Å². The van der Waals surface area contributed by atoms with Crippen LogP contribution in [0.1, 0.15) is 0 Å². The van der Waals surface area contributed by atoms with Crippen LogP contribution in [0.5, 0.6) is 0 Å². The van der Waals surface area contributed by atoms with Crippen molar-refractivity contribution in [2.75, 3.05) is 5.32 Å². The summed E-state index contributed by atoms with van der Waals surface area (Å²) >= 11 is 10.5. The summed E-state index contributed by atoms with van der Waals surface area (Å²) in [7, 11) is 0. The first-order chi connectivity index (χ1) is 6.50. The van der Waals surface area contributed by atoms with Crippen molar-refractivity contribution in [1.82, 2.24) is 9.97 Å². The molecule has 0 saturated heterocycles. The summed E-state index contributed by atoms with van der Waals surface area (Å²) in [6.45, 7) is 0. The molecular weight excluding hydrogens is 233 g/mol. The van der Waals surface area contributed by atoms with Crippen molar-refractivity contribution in [3.63, 3.8) is 0 Å². The van der Waals surface area contributed by atoms with Gasteiger partial charge in [0.1, 0.15) is 5.69 Å². The van der Waals surface area contributed by atoms with Gasteiger partial charge in [-0.25, -0.2) is 4.79 Å². The van der Waals surface area contributed by atoms with Gasteiger partial charge >= 0.3 is 5.69 Å². The fraction of sp³-hybridized carbons (Fsp3) is 0.167. The molecule has 0 radical (unpaired) electrons. The molecule has 1 rings (SSSR count). The number of alkyl halides is 2. The number of H-pyrrole nitrogens is 2. The Labute approximate surface area is 87.2 Å². The van der Waals surface area contributed by atoms with Crippen LogP contribution in [0.3, 0.4) is 0 Å². The molecule has 0 unspecified atom stereocenters. The molecule has 14 heavy (non-hydrogen) atoms. The molecule has 3 N–H and O–H groups in total. The standard InChI is InChI=1S/C6H5Cl2N3O3/c7-3(8)5(13)10-2-1-9-6(14)11-4(2)12/h1,3H,(H,10,13)(H2,9,11,12,14). The van der Waals surface area contributed by atoms with E-state index in [-0.39, 0.29) is 5.69 Å². The van der Waals surface area contributed by atoms with E-state index >= 15 is 0 Å². The Morgan fingerprint density at radius 2 is 2.07 bits per heavy atom. The van der Waals surface area contributed by atoms with Crippen LogP contribution in [-0.2, 0) is 4.79 Å². The lowest BCUT2D eigenvalue weighted by molar-refractivity contribution is -0.114. The van der Waals surface area contributed by atoms with Crippen molar-refractivity contribution in [3.05, 3.63) is 27.0 Å². The van der Waals surface area contributed by atoms with E-state index in [4.69, 9.17) is 23.2 Å². The van der Waals surface area contributed by atoms with Crippen LogP contribution >= 0.6 is 23.2 Å². The highest BCUT2D eigenvalue weighted by atomic mass is 35.5. The lowest BCUT2D eigenvalue weighted by atomic mass is 10.5. The van der Waals surface area contributed by atoms with E-state index in [0.29, 0.717) is 0 Å². The van der Waals surface area contributed by atoms with E-state index in [0.717, 1.165) is 6.20 Å². The highest BCUT2D eigenvalue weighted by Gasteiger charge is 2.12. The van der Waals surface area contributed by atoms with Gasteiger partial charge in [0.05, 0.1) is 0 Å². The van der Waals surface area contributed by atoms with Gasteiger partial charge in [-0.1, -0.05) is 23.2 Å². The number of hydrogen-bond donors (Lipinski definition) is 3. The van der Waals surface area contributed by atoms with Crippen LogP contribution in [0.4, 0.5) is 5.69 Å². The number of anilines is 1. The minimum Gasteiger partial charge on any atom is -0.318 e. The van der Waals surface area contributed by atoms with Gasteiger partial charge in [-0.2, -0.15) is 0 Å². The molecule has 6 nitrogen and oxygen atoms in total. The van der Waals surface area contributed by atoms with Crippen molar-refractivity contribution < 1.29 is 4.79 Å². The summed E-state index contributed by atoms with van der Waals surface area (Å²) in [5.74, 6) is -0.745. The lowest BCUT2D eigenvalue weighted by Crippen LogP contribution is -2.28. The van der Waals surface area contributed by atoms with Gasteiger partial charge in [-0.3, -0.25) is 14.6 Å². The Kier molecular flexibility index (Phi) is 3.32. The molecule has 1 aromatic heterocycles. The number of hydrogen-bond acceptors (Lipinski definition) is 3. The van der Waals surface area contributed by atoms with Crippen molar-refractivity contribution >= 4 is 34.8 Å². The third-order valence-corrected chi connectivity index (χ3v) is 1.67. The van der Waals surface area contributed by atoms with Gasteiger partial charge in [-0.05, 0) is 0 Å². The summed E-state index contributed by atoms with van der Waals surface area (Å²) < 4.78 is 0. The highest BCUT2D eigenvalue weighted by molar-refractivity contribution is 6.54. The smallest absolute Gasteiger partial charge is 0.318 e. The summed E-state index contributed by atoms with van der Waals surface area (Å²) in [5.41, 5.74) is -1.52. The second-order valence-electron chi connectivity index (χ2n) is 2.28. The molecule has 0 aliphatic rings. The molecule has 0 aromatic carbocycles. The first-order valence-corrected chi connectivity index (χ1v) is 4.29. The number of nitrogens with one attached hydrogen (secondary N) is 3. The first kappa shape index (κ1) is 10.8. The largest absolute Gasteiger partial charge is 0.325 e. The molecule has 0 atom stereocenters. The number of halogens is 2. The van der Waals surface area contributed by atoms with E-state index in [2.05, 4.69) is 10.3 Å². The summed E-state index contributed by atoms with van der Waals surface area (Å²) in [6.07, 6.45) is 1.05. The van der Waals surface area contributed by atoms with Crippen molar-refractivity contribution in [3.8, 4) is 0 Å². The van der Waals surface area contributed by atoms with Crippen LogP contribution in [0.2, 0.25) is 0 Å². The third kappa shape index (κ3) is 2.61. The third-order valence-electron chi connectivity index (χ3n) is 1.28. The summed E-state index contributed by atoms with van der Waals surface area (Å²) in [6, 6.07) is 0. The molecule has 76 valence electrons. The molecule has 0 fully saturated rings. The fourth-order valence-corrected chi connectivity index (χ4v) is 0.799. The van der Waals surface area contributed by atoms with Crippen LogP contribution < -0.4 is 16.6 Å². The van der Waals surface area contributed by atoms with Gasteiger partial charge in [0.2, 0.25) is 0 Å². The Morgan fingerprint density at radius 1 is 1.43 bits per heavy atom. The molecular formula is C6H5Cl2N3O3. The Morgan fingerprint density at radius 3 is 2.57 bits per heavy atom. The van der Waals surface area contributed by atoms with E-state index in [1.165, 1.54) is 0 Å². The molecule has 8 heteroatoms. The highest BCUT2D eigenvalue weighted by Crippen LogP contribution is 2.04. The fourth-order valence-electron chi connectivity index (χ4n) is 0.690. The second-order valence-corrected chi connectivity index (χ2v) is 3.37. The zero-order valence-corrected chi connectivity index (χ0v) is 8.15. The maximum atomic E-state index is 11.0. The minimum absolute atomic E-state index is 0.124. The van der Waals surface area contributed by atoms with Gasteiger partial charge in [-0.15, -0.1) is 0 Å². The van der Waals surface area contributed by atoms with E-state index in [1.54, 1.807) is 0 Å². The average molecular weight is 238 g/mol. The molecule has 1 aromatic rings. The summed E-state index contributed by atoms with van der Waals surface area (Å²) in [4.78, 5) is 35.3. The zero-order chi connectivity index (χ0) is 10.7. The maximum Gasteiger partial charge on any atom is 0.325 e. The molecule has 0 aliphatic carbocycles. The average Bonchev–Trinajstić information content (AvgIpc) is 2.09. The number of carbonyl (C=O) groups excluding carboxylic acids is 1. The molecule has 0 aliphatic heterocycles. The van der Waals surface area contributed by atoms with Crippen LogP contribution in [0.25, 0.3) is 0 Å².